The Morgan fingerprint density at radius 1 is 1.24 bits per heavy atom. The summed E-state index contributed by atoms with van der Waals surface area (Å²) in [4.78, 5) is 16.5. The Bertz CT molecular complexity index is 430. The van der Waals surface area contributed by atoms with E-state index in [1.807, 2.05) is 20.0 Å². The third-order valence-electron chi connectivity index (χ3n) is 3.85. The fourth-order valence-corrected chi connectivity index (χ4v) is 2.61. The van der Waals surface area contributed by atoms with Crippen molar-refractivity contribution in [2.45, 2.75) is 13.0 Å². The van der Waals surface area contributed by atoms with E-state index in [-0.39, 0.29) is 12.0 Å². The highest BCUT2D eigenvalue weighted by molar-refractivity contribution is 5.76. The summed E-state index contributed by atoms with van der Waals surface area (Å²) < 4.78 is 5.09. The molecule has 1 aliphatic rings. The first kappa shape index (κ1) is 15.8. The van der Waals surface area contributed by atoms with Crippen LogP contribution in [0.5, 0.6) is 0 Å². The number of anilines is 1. The van der Waals surface area contributed by atoms with Gasteiger partial charge in [-0.1, -0.05) is 18.2 Å². The summed E-state index contributed by atoms with van der Waals surface area (Å²) in [5, 5.41) is 3.05. The van der Waals surface area contributed by atoms with Crippen LogP contribution in [0.1, 0.15) is 6.92 Å². The van der Waals surface area contributed by atoms with Gasteiger partial charge >= 0.3 is 5.97 Å². The van der Waals surface area contributed by atoms with E-state index in [4.69, 9.17) is 4.74 Å². The van der Waals surface area contributed by atoms with Crippen molar-refractivity contribution in [2.24, 2.45) is 0 Å². The maximum Gasteiger partial charge on any atom is 0.324 e. The van der Waals surface area contributed by atoms with Gasteiger partial charge in [-0.15, -0.1) is 0 Å². The molecule has 5 heteroatoms. The molecule has 1 saturated heterocycles. The number of likely N-dealkylation sites (N-methyl/N-ethyl adjacent to an activating group) is 1. The number of para-hydroxylation sites is 1. The summed E-state index contributed by atoms with van der Waals surface area (Å²) >= 11 is 0. The predicted octanol–water partition coefficient (Wildman–Crippen LogP) is 0.960. The molecule has 0 radical (unpaired) electrons. The van der Waals surface area contributed by atoms with E-state index in [2.05, 4.69) is 39.4 Å². The van der Waals surface area contributed by atoms with Gasteiger partial charge in [0.25, 0.3) is 0 Å². The molecule has 1 heterocycles. The number of piperazine rings is 1. The van der Waals surface area contributed by atoms with Gasteiger partial charge < -0.3 is 15.0 Å². The molecule has 1 atom stereocenters. The minimum absolute atomic E-state index is 0.162. The molecule has 21 heavy (non-hydrogen) atoms. The maximum atomic E-state index is 11.8. The average molecular weight is 291 g/mol. The zero-order valence-corrected chi connectivity index (χ0v) is 12.9. The molecule has 0 spiro atoms. The third kappa shape index (κ3) is 4.44. The summed E-state index contributed by atoms with van der Waals surface area (Å²) in [7, 11) is 1.81. The van der Waals surface area contributed by atoms with E-state index >= 15 is 0 Å². The molecule has 1 aromatic rings. The molecular formula is C16H25N3O2. The van der Waals surface area contributed by atoms with E-state index < -0.39 is 0 Å². The standard InChI is InChI=1S/C16H25N3O2/c1-3-21-16(20)15(17-2)13-18-9-11-19(12-10-18)14-7-5-4-6-8-14/h4-8,15,17H,3,9-13H2,1-2H3. The molecule has 5 nitrogen and oxygen atoms in total. The second-order valence-electron chi connectivity index (χ2n) is 5.22. The SMILES string of the molecule is CCOC(=O)C(CN1CCN(c2ccccc2)CC1)NC. The van der Waals surface area contributed by atoms with Gasteiger partial charge in [0.2, 0.25) is 0 Å². The van der Waals surface area contributed by atoms with E-state index in [9.17, 15) is 4.79 Å². The first-order valence-corrected chi connectivity index (χ1v) is 7.61. The Balaban J connectivity index is 1.82. The average Bonchev–Trinajstić information content (AvgIpc) is 2.54. The zero-order valence-electron chi connectivity index (χ0n) is 12.9. The van der Waals surface area contributed by atoms with Crippen LogP contribution in [0, 0.1) is 0 Å². The number of carbonyl (C=O) groups is 1. The number of hydrogen-bond acceptors (Lipinski definition) is 5. The lowest BCUT2D eigenvalue weighted by Gasteiger charge is -2.37. The number of benzene rings is 1. The lowest BCUT2D eigenvalue weighted by molar-refractivity contribution is -0.146. The fraction of sp³-hybridized carbons (Fsp3) is 0.562. The number of esters is 1. The van der Waals surface area contributed by atoms with Gasteiger partial charge in [0.05, 0.1) is 6.61 Å². The number of nitrogens with zero attached hydrogens (tertiary/aromatic N) is 2. The summed E-state index contributed by atoms with van der Waals surface area (Å²) in [5.74, 6) is -0.162. The van der Waals surface area contributed by atoms with Crippen molar-refractivity contribution in [3.63, 3.8) is 0 Å². The van der Waals surface area contributed by atoms with Crippen LogP contribution in [0.2, 0.25) is 0 Å². The van der Waals surface area contributed by atoms with Gasteiger partial charge in [-0.3, -0.25) is 9.69 Å². The Morgan fingerprint density at radius 3 is 2.48 bits per heavy atom. The molecule has 1 unspecified atom stereocenters. The van der Waals surface area contributed by atoms with E-state index in [0.717, 1.165) is 26.2 Å². The Kier molecular flexibility index (Phi) is 6.02. The highest BCUT2D eigenvalue weighted by atomic mass is 16.5. The van der Waals surface area contributed by atoms with Gasteiger partial charge in [-0.05, 0) is 26.1 Å². The molecule has 2 rings (SSSR count). The van der Waals surface area contributed by atoms with Crippen molar-refractivity contribution in [3.8, 4) is 0 Å². The van der Waals surface area contributed by atoms with E-state index in [1.165, 1.54) is 5.69 Å². The van der Waals surface area contributed by atoms with Crippen molar-refractivity contribution < 1.29 is 9.53 Å². The monoisotopic (exact) mass is 291 g/mol. The number of hydrogen-bond donors (Lipinski definition) is 1. The number of carbonyl (C=O) groups excluding carboxylic acids is 1. The molecule has 0 aromatic heterocycles. The quantitative estimate of drug-likeness (QED) is 0.791. The van der Waals surface area contributed by atoms with Crippen LogP contribution in [0.4, 0.5) is 5.69 Å². The van der Waals surface area contributed by atoms with Crippen LogP contribution in [0.25, 0.3) is 0 Å². The topological polar surface area (TPSA) is 44.8 Å². The van der Waals surface area contributed by atoms with Crippen molar-refractivity contribution >= 4 is 11.7 Å². The smallest absolute Gasteiger partial charge is 0.324 e. The highest BCUT2D eigenvalue weighted by Crippen LogP contribution is 2.15. The molecule has 0 saturated carbocycles. The highest BCUT2D eigenvalue weighted by Gasteiger charge is 2.24. The number of nitrogens with one attached hydrogen (secondary N) is 1. The van der Waals surface area contributed by atoms with Crippen molar-refractivity contribution in [1.82, 2.24) is 10.2 Å². The first-order chi connectivity index (χ1) is 10.2. The van der Waals surface area contributed by atoms with Crippen LogP contribution in [0.15, 0.2) is 30.3 Å². The summed E-state index contributed by atoms with van der Waals surface area (Å²) in [6.07, 6.45) is 0. The van der Waals surface area contributed by atoms with Gasteiger partial charge in [0.15, 0.2) is 0 Å². The fourth-order valence-electron chi connectivity index (χ4n) is 2.61. The Labute approximate surface area is 126 Å². The minimum atomic E-state index is -0.242. The third-order valence-corrected chi connectivity index (χ3v) is 3.85. The van der Waals surface area contributed by atoms with Gasteiger partial charge in [-0.2, -0.15) is 0 Å². The summed E-state index contributed by atoms with van der Waals surface area (Å²) in [6, 6.07) is 10.2. The molecule has 1 aliphatic heterocycles. The Morgan fingerprint density at radius 2 is 1.90 bits per heavy atom. The number of rotatable bonds is 6. The summed E-state index contributed by atoms with van der Waals surface area (Å²) in [6.45, 7) is 6.88. The second-order valence-corrected chi connectivity index (χ2v) is 5.22. The van der Waals surface area contributed by atoms with E-state index in [1.54, 1.807) is 0 Å². The van der Waals surface area contributed by atoms with Crippen LogP contribution in [0.3, 0.4) is 0 Å². The molecule has 0 amide bonds. The lowest BCUT2D eigenvalue weighted by Crippen LogP contribution is -2.52. The largest absolute Gasteiger partial charge is 0.465 e. The van der Waals surface area contributed by atoms with Gasteiger partial charge in [0.1, 0.15) is 6.04 Å². The van der Waals surface area contributed by atoms with Crippen molar-refractivity contribution in [1.29, 1.82) is 0 Å². The van der Waals surface area contributed by atoms with Gasteiger partial charge in [-0.25, -0.2) is 0 Å². The van der Waals surface area contributed by atoms with Gasteiger partial charge in [0, 0.05) is 38.4 Å². The Hall–Kier alpha value is -1.59. The van der Waals surface area contributed by atoms with Crippen LogP contribution >= 0.6 is 0 Å². The van der Waals surface area contributed by atoms with Crippen molar-refractivity contribution in [3.05, 3.63) is 30.3 Å². The molecule has 116 valence electrons. The zero-order chi connectivity index (χ0) is 15.1. The van der Waals surface area contributed by atoms with Crippen LogP contribution in [-0.2, 0) is 9.53 Å². The number of ether oxygens (including phenoxy) is 1. The molecule has 1 fully saturated rings. The first-order valence-electron chi connectivity index (χ1n) is 7.61. The minimum Gasteiger partial charge on any atom is -0.465 e. The normalized spacial score (nSPS) is 17.5. The van der Waals surface area contributed by atoms with Crippen LogP contribution < -0.4 is 10.2 Å². The second kappa shape index (κ2) is 8.00. The molecule has 1 aromatic carbocycles. The summed E-state index contributed by atoms with van der Waals surface area (Å²) in [5.41, 5.74) is 1.27. The van der Waals surface area contributed by atoms with Crippen molar-refractivity contribution in [2.75, 3.05) is 51.3 Å². The molecule has 1 N–H and O–H groups in total. The van der Waals surface area contributed by atoms with Crippen LogP contribution in [-0.4, -0.2) is 63.3 Å². The molecular weight excluding hydrogens is 266 g/mol. The maximum absolute atomic E-state index is 11.8. The lowest BCUT2D eigenvalue weighted by atomic mass is 10.2. The van der Waals surface area contributed by atoms with E-state index in [0.29, 0.717) is 13.2 Å². The molecule has 0 bridgehead atoms. The molecule has 0 aliphatic carbocycles. The predicted molar refractivity (Wildman–Crippen MR) is 84.6 cm³/mol.